The van der Waals surface area contributed by atoms with Crippen LogP contribution in [0.5, 0.6) is 0 Å². The molecule has 0 aromatic heterocycles. The van der Waals surface area contributed by atoms with Crippen LogP contribution in [-0.4, -0.2) is 53.9 Å². The summed E-state index contributed by atoms with van der Waals surface area (Å²) in [6, 6.07) is 6.83. The molecule has 0 bridgehead atoms. The summed E-state index contributed by atoms with van der Waals surface area (Å²) in [6.45, 7) is 2.60. The normalized spacial score (nSPS) is 15.4. The van der Waals surface area contributed by atoms with Crippen LogP contribution in [0.2, 0.25) is 0 Å². The second-order valence-corrected chi connectivity index (χ2v) is 4.62. The molecule has 19 heavy (non-hydrogen) atoms. The molecule has 0 saturated carbocycles. The fourth-order valence-corrected chi connectivity index (χ4v) is 2.30. The van der Waals surface area contributed by atoms with Gasteiger partial charge >= 0.3 is 5.97 Å². The number of nitrogens with zero attached hydrogens (tertiary/aromatic N) is 2. The largest absolute Gasteiger partial charge is 0.478 e. The minimum absolute atomic E-state index is 0.00843. The number of benzene rings is 1. The third-order valence-corrected chi connectivity index (χ3v) is 3.43. The molecule has 0 radical (unpaired) electrons. The highest BCUT2D eigenvalue weighted by Gasteiger charge is 2.20. The number of anilines is 1. The number of carboxylic acid groups (broad SMARTS) is 1. The molecular formula is C13H15ClN2O3. The van der Waals surface area contributed by atoms with Gasteiger partial charge in [0.1, 0.15) is 5.88 Å². The van der Waals surface area contributed by atoms with Gasteiger partial charge in [-0.15, -0.1) is 11.6 Å². The predicted molar refractivity (Wildman–Crippen MR) is 72.9 cm³/mol. The van der Waals surface area contributed by atoms with Gasteiger partial charge in [-0.3, -0.25) is 4.79 Å². The summed E-state index contributed by atoms with van der Waals surface area (Å²) < 4.78 is 0. The lowest BCUT2D eigenvalue weighted by Crippen LogP contribution is -2.49. The maximum Gasteiger partial charge on any atom is 0.335 e. The van der Waals surface area contributed by atoms with E-state index in [4.69, 9.17) is 16.7 Å². The molecule has 5 nitrogen and oxygen atoms in total. The number of carboxylic acids is 1. The number of amides is 1. The number of alkyl halides is 1. The van der Waals surface area contributed by atoms with Crippen molar-refractivity contribution in [2.24, 2.45) is 0 Å². The fraction of sp³-hybridized carbons (Fsp3) is 0.385. The van der Waals surface area contributed by atoms with Crippen LogP contribution in [0.1, 0.15) is 10.4 Å². The van der Waals surface area contributed by atoms with Crippen LogP contribution in [0.3, 0.4) is 0 Å². The van der Waals surface area contributed by atoms with Crippen molar-refractivity contribution in [2.45, 2.75) is 0 Å². The SMILES string of the molecule is O=C(O)c1cccc(N2CCN(C(=O)CCl)CC2)c1. The van der Waals surface area contributed by atoms with Crippen LogP contribution in [-0.2, 0) is 4.79 Å². The summed E-state index contributed by atoms with van der Waals surface area (Å²) in [4.78, 5) is 26.2. The number of piperazine rings is 1. The zero-order chi connectivity index (χ0) is 13.8. The number of rotatable bonds is 3. The average Bonchev–Trinajstić information content (AvgIpc) is 2.46. The number of carbonyl (C=O) groups excluding carboxylic acids is 1. The smallest absolute Gasteiger partial charge is 0.335 e. The number of hydrogen-bond donors (Lipinski definition) is 1. The highest BCUT2D eigenvalue weighted by Crippen LogP contribution is 2.18. The van der Waals surface area contributed by atoms with Gasteiger partial charge in [-0.05, 0) is 18.2 Å². The quantitative estimate of drug-likeness (QED) is 0.848. The van der Waals surface area contributed by atoms with Crippen molar-refractivity contribution in [1.29, 1.82) is 0 Å². The molecular weight excluding hydrogens is 268 g/mol. The third kappa shape index (κ3) is 3.17. The van der Waals surface area contributed by atoms with Gasteiger partial charge in [-0.2, -0.15) is 0 Å². The average molecular weight is 283 g/mol. The van der Waals surface area contributed by atoms with Gasteiger partial charge in [0.2, 0.25) is 5.91 Å². The Morgan fingerprint density at radius 2 is 1.89 bits per heavy atom. The molecule has 1 N–H and O–H groups in total. The summed E-state index contributed by atoms with van der Waals surface area (Å²) >= 11 is 5.52. The van der Waals surface area contributed by atoms with E-state index in [-0.39, 0.29) is 17.4 Å². The number of hydrogen-bond acceptors (Lipinski definition) is 3. The van der Waals surface area contributed by atoms with Gasteiger partial charge in [0.25, 0.3) is 0 Å². The molecule has 1 aliphatic heterocycles. The Kier molecular flexibility index (Phi) is 4.27. The number of halogens is 1. The van der Waals surface area contributed by atoms with Crippen molar-refractivity contribution < 1.29 is 14.7 Å². The van der Waals surface area contributed by atoms with E-state index >= 15 is 0 Å². The minimum Gasteiger partial charge on any atom is -0.478 e. The molecule has 2 rings (SSSR count). The lowest BCUT2D eigenvalue weighted by Gasteiger charge is -2.36. The summed E-state index contributed by atoms with van der Waals surface area (Å²) in [6.07, 6.45) is 0. The molecule has 1 fully saturated rings. The first-order chi connectivity index (χ1) is 9.11. The Balaban J connectivity index is 2.03. The van der Waals surface area contributed by atoms with Crippen LogP contribution in [0, 0.1) is 0 Å². The van der Waals surface area contributed by atoms with Crippen molar-refractivity contribution >= 4 is 29.2 Å². The molecule has 6 heteroatoms. The Bertz CT molecular complexity index is 485. The van der Waals surface area contributed by atoms with E-state index in [2.05, 4.69) is 4.90 Å². The molecule has 1 amide bonds. The van der Waals surface area contributed by atoms with E-state index in [1.165, 1.54) is 0 Å². The van der Waals surface area contributed by atoms with Crippen LogP contribution in [0.4, 0.5) is 5.69 Å². The molecule has 0 spiro atoms. The lowest BCUT2D eigenvalue weighted by molar-refractivity contribution is -0.128. The first-order valence-electron chi connectivity index (χ1n) is 6.04. The van der Waals surface area contributed by atoms with E-state index in [1.54, 1.807) is 23.1 Å². The van der Waals surface area contributed by atoms with Gasteiger partial charge in [-0.1, -0.05) is 6.07 Å². The maximum atomic E-state index is 11.5. The van der Waals surface area contributed by atoms with Crippen molar-refractivity contribution in [3.05, 3.63) is 29.8 Å². The monoisotopic (exact) mass is 282 g/mol. The second-order valence-electron chi connectivity index (χ2n) is 4.36. The van der Waals surface area contributed by atoms with Crippen molar-refractivity contribution in [2.75, 3.05) is 37.0 Å². The van der Waals surface area contributed by atoms with Gasteiger partial charge in [0.15, 0.2) is 0 Å². The van der Waals surface area contributed by atoms with E-state index in [0.29, 0.717) is 26.2 Å². The Morgan fingerprint density at radius 1 is 1.21 bits per heavy atom. The molecule has 1 aromatic carbocycles. The topological polar surface area (TPSA) is 60.9 Å². The molecule has 0 aliphatic carbocycles. The first kappa shape index (κ1) is 13.7. The predicted octanol–water partition coefficient (Wildman–Crippen LogP) is 1.27. The van der Waals surface area contributed by atoms with Gasteiger partial charge in [-0.25, -0.2) is 4.79 Å². The third-order valence-electron chi connectivity index (χ3n) is 3.20. The maximum absolute atomic E-state index is 11.5. The summed E-state index contributed by atoms with van der Waals surface area (Å²) in [5.41, 5.74) is 1.15. The zero-order valence-corrected chi connectivity index (χ0v) is 11.1. The second kappa shape index (κ2) is 5.93. The molecule has 0 atom stereocenters. The Hall–Kier alpha value is -1.75. The number of carbonyl (C=O) groups is 2. The summed E-state index contributed by atoms with van der Waals surface area (Å²) in [7, 11) is 0. The Morgan fingerprint density at radius 3 is 2.47 bits per heavy atom. The lowest BCUT2D eigenvalue weighted by atomic mass is 10.1. The van der Waals surface area contributed by atoms with Crippen LogP contribution < -0.4 is 4.90 Å². The van der Waals surface area contributed by atoms with Crippen molar-refractivity contribution in [1.82, 2.24) is 4.90 Å². The van der Waals surface area contributed by atoms with Crippen molar-refractivity contribution in [3.63, 3.8) is 0 Å². The minimum atomic E-state index is -0.933. The van der Waals surface area contributed by atoms with Gasteiger partial charge in [0.05, 0.1) is 5.56 Å². The van der Waals surface area contributed by atoms with E-state index in [1.807, 2.05) is 6.07 Å². The van der Waals surface area contributed by atoms with Gasteiger partial charge < -0.3 is 14.9 Å². The summed E-state index contributed by atoms with van der Waals surface area (Å²) in [5.74, 6) is -0.979. The highest BCUT2D eigenvalue weighted by molar-refractivity contribution is 6.27. The van der Waals surface area contributed by atoms with E-state index < -0.39 is 5.97 Å². The van der Waals surface area contributed by atoms with Gasteiger partial charge in [0, 0.05) is 31.9 Å². The zero-order valence-electron chi connectivity index (χ0n) is 10.4. The standard InChI is InChI=1S/C13H15ClN2O3/c14-9-12(17)16-6-4-15(5-7-16)11-3-1-2-10(8-11)13(18)19/h1-3,8H,4-7,9H2,(H,18,19). The first-order valence-corrected chi connectivity index (χ1v) is 6.57. The molecule has 0 unspecified atom stereocenters. The molecule has 102 valence electrons. The summed E-state index contributed by atoms with van der Waals surface area (Å²) in [5, 5.41) is 8.97. The van der Waals surface area contributed by atoms with Crippen LogP contribution in [0.25, 0.3) is 0 Å². The Labute approximate surface area is 116 Å². The van der Waals surface area contributed by atoms with E-state index in [0.717, 1.165) is 5.69 Å². The fourth-order valence-electron chi connectivity index (χ4n) is 2.13. The number of aromatic carboxylic acids is 1. The molecule has 1 aromatic rings. The van der Waals surface area contributed by atoms with E-state index in [9.17, 15) is 9.59 Å². The van der Waals surface area contributed by atoms with Crippen molar-refractivity contribution in [3.8, 4) is 0 Å². The molecule has 1 heterocycles. The van der Waals surface area contributed by atoms with Crippen LogP contribution >= 0.6 is 11.6 Å². The molecule has 1 aliphatic rings. The van der Waals surface area contributed by atoms with Crippen LogP contribution in [0.15, 0.2) is 24.3 Å². The molecule has 1 saturated heterocycles. The highest BCUT2D eigenvalue weighted by atomic mass is 35.5.